The van der Waals surface area contributed by atoms with E-state index in [0.717, 1.165) is 5.75 Å². The molecule has 0 fully saturated rings. The molecule has 0 saturated carbocycles. The lowest BCUT2D eigenvalue weighted by molar-refractivity contribution is 0.376. The minimum atomic E-state index is 0.816. The Labute approximate surface area is 76.6 Å². The quantitative estimate of drug-likeness (QED) is 0.709. The number of hydrogen-bond donors (Lipinski definition) is 0. The molecule has 65 valence electrons. The van der Waals surface area contributed by atoms with Gasteiger partial charge >= 0.3 is 0 Å². The van der Waals surface area contributed by atoms with E-state index in [2.05, 4.69) is 4.98 Å². The number of aromatic nitrogens is 2. The molecule has 0 aliphatic heterocycles. The zero-order valence-electron chi connectivity index (χ0n) is 7.00. The lowest BCUT2D eigenvalue weighted by Gasteiger charge is -2.03. The fourth-order valence-corrected chi connectivity index (χ4v) is 0.953. The van der Waals surface area contributed by atoms with Crippen molar-refractivity contribution in [2.24, 2.45) is 0 Å². The molecule has 0 atom stereocenters. The van der Waals surface area contributed by atoms with Gasteiger partial charge < -0.3 is 4.74 Å². The highest BCUT2D eigenvalue weighted by molar-refractivity contribution is 5.21. The molecule has 0 amide bonds. The maximum Gasteiger partial charge on any atom is 0.233 e. The molecule has 0 unspecified atom stereocenters. The molecule has 1 heterocycles. The minimum Gasteiger partial charge on any atom is -0.464 e. The number of ether oxygens (including phenoxy) is 1. The molecule has 13 heavy (non-hydrogen) atoms. The molecule has 1 radical (unpaired) electrons. The average molecular weight is 173 g/mol. The molecule has 2 rings (SSSR count). The summed E-state index contributed by atoms with van der Waals surface area (Å²) in [5.41, 5.74) is 0. The Hall–Kier alpha value is -1.77. The Morgan fingerprint density at radius 2 is 2.08 bits per heavy atom. The van der Waals surface area contributed by atoms with Crippen LogP contribution in [0.1, 0.15) is 0 Å². The molecular weight excluding hydrogens is 164 g/mol. The highest BCUT2D eigenvalue weighted by Gasteiger charge is 1.92. The SMILES string of the molecule is [CH](Oc1ccccc1)n1ccnc1. The summed E-state index contributed by atoms with van der Waals surface area (Å²) < 4.78 is 7.09. The zero-order valence-corrected chi connectivity index (χ0v) is 7.00. The lowest BCUT2D eigenvalue weighted by Crippen LogP contribution is -1.98. The summed E-state index contributed by atoms with van der Waals surface area (Å²) in [4.78, 5) is 3.89. The molecule has 1 aromatic heterocycles. The second-order valence-electron chi connectivity index (χ2n) is 2.55. The third-order valence-corrected chi connectivity index (χ3v) is 1.58. The lowest BCUT2D eigenvalue weighted by atomic mass is 10.3. The van der Waals surface area contributed by atoms with Crippen LogP contribution in [0.2, 0.25) is 0 Å². The van der Waals surface area contributed by atoms with Crippen molar-refractivity contribution in [1.29, 1.82) is 0 Å². The number of hydrogen-bond acceptors (Lipinski definition) is 2. The molecule has 1 aromatic carbocycles. The summed E-state index contributed by atoms with van der Waals surface area (Å²) in [6, 6.07) is 9.60. The second kappa shape index (κ2) is 3.76. The Balaban J connectivity index is 1.94. The van der Waals surface area contributed by atoms with Gasteiger partial charge in [-0.3, -0.25) is 4.57 Å². The highest BCUT2D eigenvalue weighted by Crippen LogP contribution is 2.09. The van der Waals surface area contributed by atoms with Crippen LogP contribution < -0.4 is 4.74 Å². The van der Waals surface area contributed by atoms with E-state index in [-0.39, 0.29) is 0 Å². The van der Waals surface area contributed by atoms with Gasteiger partial charge in [0.05, 0.1) is 6.33 Å². The third-order valence-electron chi connectivity index (χ3n) is 1.58. The van der Waals surface area contributed by atoms with Gasteiger partial charge in [0.1, 0.15) is 5.75 Å². The molecule has 3 nitrogen and oxygen atoms in total. The number of imidazole rings is 1. The van der Waals surface area contributed by atoms with Crippen molar-refractivity contribution in [1.82, 2.24) is 9.55 Å². The highest BCUT2D eigenvalue weighted by atomic mass is 16.5. The number of benzene rings is 1. The van der Waals surface area contributed by atoms with Crippen LogP contribution >= 0.6 is 0 Å². The van der Waals surface area contributed by atoms with E-state index >= 15 is 0 Å². The maximum atomic E-state index is 5.35. The van der Waals surface area contributed by atoms with Gasteiger partial charge in [-0.1, -0.05) is 18.2 Å². The van der Waals surface area contributed by atoms with Crippen molar-refractivity contribution in [3.63, 3.8) is 0 Å². The first-order valence-electron chi connectivity index (χ1n) is 3.97. The monoisotopic (exact) mass is 173 g/mol. The zero-order chi connectivity index (χ0) is 8.93. The predicted molar refractivity (Wildman–Crippen MR) is 49.0 cm³/mol. The first-order chi connectivity index (χ1) is 6.45. The van der Waals surface area contributed by atoms with Crippen molar-refractivity contribution in [3.8, 4) is 5.75 Å². The van der Waals surface area contributed by atoms with Gasteiger partial charge in [-0.05, 0) is 12.1 Å². The largest absolute Gasteiger partial charge is 0.464 e. The number of rotatable bonds is 3. The Bertz CT molecular complexity index is 342. The van der Waals surface area contributed by atoms with Gasteiger partial charge in [0.2, 0.25) is 6.73 Å². The molecule has 0 spiro atoms. The molecule has 0 N–H and O–H groups in total. The van der Waals surface area contributed by atoms with Crippen LogP contribution in [-0.2, 0) is 0 Å². The van der Waals surface area contributed by atoms with E-state index in [9.17, 15) is 0 Å². The Morgan fingerprint density at radius 1 is 1.23 bits per heavy atom. The van der Waals surface area contributed by atoms with Gasteiger partial charge in [0.25, 0.3) is 0 Å². The van der Waals surface area contributed by atoms with Crippen LogP contribution in [0.5, 0.6) is 5.75 Å². The van der Waals surface area contributed by atoms with Gasteiger partial charge in [0.15, 0.2) is 0 Å². The fourth-order valence-electron chi connectivity index (χ4n) is 0.953. The van der Waals surface area contributed by atoms with Gasteiger partial charge in [-0.25, -0.2) is 4.98 Å². The summed E-state index contributed by atoms with van der Waals surface area (Å²) in [7, 11) is 0. The van der Waals surface area contributed by atoms with Gasteiger partial charge in [-0.2, -0.15) is 0 Å². The summed E-state index contributed by atoms with van der Waals surface area (Å²) in [6.45, 7) is 1.60. The summed E-state index contributed by atoms with van der Waals surface area (Å²) >= 11 is 0. The molecule has 0 saturated heterocycles. The van der Waals surface area contributed by atoms with E-state index in [1.54, 1.807) is 23.8 Å². The van der Waals surface area contributed by atoms with Crippen molar-refractivity contribution < 1.29 is 4.74 Å². The van der Waals surface area contributed by atoms with E-state index in [4.69, 9.17) is 4.74 Å². The third kappa shape index (κ3) is 2.08. The summed E-state index contributed by atoms with van der Waals surface area (Å²) in [5, 5.41) is 0. The topological polar surface area (TPSA) is 27.1 Å². The molecule has 0 bridgehead atoms. The number of para-hydroxylation sites is 1. The van der Waals surface area contributed by atoms with Crippen LogP contribution in [0, 0.1) is 6.73 Å². The van der Waals surface area contributed by atoms with Crippen molar-refractivity contribution in [2.45, 2.75) is 0 Å². The average Bonchev–Trinajstić information content (AvgIpc) is 2.69. The standard InChI is InChI=1S/C10H9N2O/c1-2-4-10(5-3-1)13-9-12-7-6-11-8-12/h1-9H. The second-order valence-corrected chi connectivity index (χ2v) is 2.55. The molecule has 3 heteroatoms. The van der Waals surface area contributed by atoms with Gasteiger partial charge in [0, 0.05) is 12.4 Å². The smallest absolute Gasteiger partial charge is 0.233 e. The minimum absolute atomic E-state index is 0.816. The van der Waals surface area contributed by atoms with E-state index < -0.39 is 0 Å². The maximum absolute atomic E-state index is 5.35. The Kier molecular flexibility index (Phi) is 2.27. The summed E-state index contributed by atoms with van der Waals surface area (Å²) in [5.74, 6) is 0.816. The molecular formula is C10H9N2O. The summed E-state index contributed by atoms with van der Waals surface area (Å²) in [6.07, 6.45) is 5.18. The number of nitrogens with zero attached hydrogens (tertiary/aromatic N) is 2. The van der Waals surface area contributed by atoms with Crippen LogP contribution in [0.4, 0.5) is 0 Å². The molecule has 2 aromatic rings. The van der Waals surface area contributed by atoms with E-state index in [0.29, 0.717) is 0 Å². The first-order valence-corrected chi connectivity index (χ1v) is 3.97. The van der Waals surface area contributed by atoms with Crippen LogP contribution in [-0.4, -0.2) is 9.55 Å². The Morgan fingerprint density at radius 3 is 2.77 bits per heavy atom. The molecule has 0 aliphatic rings. The van der Waals surface area contributed by atoms with Crippen molar-refractivity contribution in [2.75, 3.05) is 0 Å². The molecule has 0 aliphatic carbocycles. The normalized spacial score (nSPS) is 9.85. The van der Waals surface area contributed by atoms with Crippen LogP contribution in [0.3, 0.4) is 0 Å². The van der Waals surface area contributed by atoms with E-state index in [1.807, 2.05) is 36.5 Å². The first kappa shape index (κ1) is 7.86. The fraction of sp³-hybridized carbons (Fsp3) is 0. The van der Waals surface area contributed by atoms with Crippen molar-refractivity contribution >= 4 is 0 Å². The predicted octanol–water partition coefficient (Wildman–Crippen LogP) is 1.93. The van der Waals surface area contributed by atoms with Gasteiger partial charge in [-0.15, -0.1) is 0 Å². The van der Waals surface area contributed by atoms with Crippen LogP contribution in [0.25, 0.3) is 0 Å². The van der Waals surface area contributed by atoms with Crippen molar-refractivity contribution in [3.05, 3.63) is 55.8 Å². The van der Waals surface area contributed by atoms with Crippen LogP contribution in [0.15, 0.2) is 49.1 Å². The van der Waals surface area contributed by atoms with E-state index in [1.165, 1.54) is 0 Å².